The Bertz CT molecular complexity index is 1450. The number of ether oxygens (including phenoxy) is 2. The Labute approximate surface area is 224 Å². The highest BCUT2D eigenvalue weighted by molar-refractivity contribution is 6.22. The number of rotatable bonds is 11. The molecular formula is C28H29F2N5O4. The molecule has 0 radical (unpaired) electrons. The van der Waals surface area contributed by atoms with Gasteiger partial charge in [0.2, 0.25) is 0 Å². The molecule has 1 amide bonds. The van der Waals surface area contributed by atoms with Gasteiger partial charge in [-0.15, -0.1) is 0 Å². The van der Waals surface area contributed by atoms with Crippen molar-refractivity contribution in [2.75, 3.05) is 20.3 Å². The molecule has 1 aliphatic heterocycles. The fraction of sp³-hybridized carbons (Fsp3) is 0.286. The Morgan fingerprint density at radius 1 is 1.15 bits per heavy atom. The van der Waals surface area contributed by atoms with Crippen LogP contribution in [0.4, 0.5) is 8.78 Å². The lowest BCUT2D eigenvalue weighted by Gasteiger charge is -2.38. The molecule has 39 heavy (non-hydrogen) atoms. The van der Waals surface area contributed by atoms with E-state index in [0.717, 1.165) is 23.4 Å². The van der Waals surface area contributed by atoms with Gasteiger partial charge in [-0.25, -0.2) is 8.78 Å². The van der Waals surface area contributed by atoms with E-state index in [-0.39, 0.29) is 41.4 Å². The third-order valence-electron chi connectivity index (χ3n) is 6.40. The highest BCUT2D eigenvalue weighted by Gasteiger charge is 2.41. The summed E-state index contributed by atoms with van der Waals surface area (Å²) in [6.45, 7) is 2.87. The molecule has 204 valence electrons. The molecule has 0 unspecified atom stereocenters. The molecule has 0 spiro atoms. The monoisotopic (exact) mass is 537 g/mol. The topological polar surface area (TPSA) is 118 Å². The Hall–Kier alpha value is -4.38. The summed E-state index contributed by atoms with van der Waals surface area (Å²) in [5, 5.41) is 14.4. The number of nitrogens with one attached hydrogen (secondary N) is 3. The first-order valence-corrected chi connectivity index (χ1v) is 12.2. The van der Waals surface area contributed by atoms with E-state index in [9.17, 15) is 18.4 Å². The van der Waals surface area contributed by atoms with Crippen LogP contribution in [0.5, 0.6) is 5.75 Å². The van der Waals surface area contributed by atoms with Crippen LogP contribution in [0, 0.1) is 22.5 Å². The second kappa shape index (κ2) is 12.0. The zero-order valence-corrected chi connectivity index (χ0v) is 21.6. The first-order chi connectivity index (χ1) is 18.7. The summed E-state index contributed by atoms with van der Waals surface area (Å²) >= 11 is 0. The van der Waals surface area contributed by atoms with Crippen molar-refractivity contribution in [1.82, 2.24) is 20.2 Å². The number of carbonyl (C=O) groups is 1. The van der Waals surface area contributed by atoms with Crippen LogP contribution in [0.3, 0.4) is 0 Å². The minimum atomic E-state index is -0.663. The van der Waals surface area contributed by atoms with Crippen molar-refractivity contribution in [3.05, 3.63) is 105 Å². The van der Waals surface area contributed by atoms with E-state index in [4.69, 9.17) is 14.9 Å². The van der Waals surface area contributed by atoms with E-state index >= 15 is 0 Å². The summed E-state index contributed by atoms with van der Waals surface area (Å²) in [7, 11) is 1.34. The van der Waals surface area contributed by atoms with Gasteiger partial charge < -0.3 is 30.1 Å². The Morgan fingerprint density at radius 3 is 2.54 bits per heavy atom. The highest BCUT2D eigenvalue weighted by atomic mass is 19.1. The third-order valence-corrected chi connectivity index (χ3v) is 6.40. The molecule has 0 bridgehead atoms. The van der Waals surface area contributed by atoms with Crippen LogP contribution in [0.15, 0.2) is 71.4 Å². The van der Waals surface area contributed by atoms with Crippen molar-refractivity contribution >= 4 is 11.6 Å². The largest absolute Gasteiger partial charge is 0.494 e. The predicted octanol–water partition coefficient (Wildman–Crippen LogP) is 2.92. The average Bonchev–Trinajstić information content (AvgIpc) is 2.91. The Balaban J connectivity index is 1.43. The molecule has 1 fully saturated rings. The zero-order valence-electron chi connectivity index (χ0n) is 21.6. The van der Waals surface area contributed by atoms with Gasteiger partial charge in [-0.05, 0) is 24.1 Å². The van der Waals surface area contributed by atoms with E-state index in [1.54, 1.807) is 0 Å². The SMILES string of the molecule is COc1ccnc(CNC(=O)/C(=C/NCc2ccc(Cn3cc(F)ccc3=O)cc2)C(=N)C2(C)COC2)c1F. The maximum absolute atomic E-state index is 14.5. The fourth-order valence-corrected chi connectivity index (χ4v) is 3.99. The van der Waals surface area contributed by atoms with Gasteiger partial charge in [0.25, 0.3) is 11.5 Å². The van der Waals surface area contributed by atoms with Crippen molar-refractivity contribution in [2.24, 2.45) is 5.41 Å². The summed E-state index contributed by atoms with van der Waals surface area (Å²) < 4.78 is 39.4. The molecule has 4 rings (SSSR count). The quantitative estimate of drug-likeness (QED) is 0.256. The number of methoxy groups -OCH3 is 1. The molecular weight excluding hydrogens is 508 g/mol. The highest BCUT2D eigenvalue weighted by Crippen LogP contribution is 2.31. The van der Waals surface area contributed by atoms with Crippen LogP contribution in [0.2, 0.25) is 0 Å². The van der Waals surface area contributed by atoms with Crippen molar-refractivity contribution < 1.29 is 23.0 Å². The molecule has 1 aliphatic rings. The molecule has 1 saturated heterocycles. The number of amides is 1. The van der Waals surface area contributed by atoms with Gasteiger partial charge >= 0.3 is 0 Å². The summed E-state index contributed by atoms with van der Waals surface area (Å²) in [5.74, 6) is -1.68. The minimum Gasteiger partial charge on any atom is -0.494 e. The van der Waals surface area contributed by atoms with Crippen LogP contribution in [0.25, 0.3) is 0 Å². The van der Waals surface area contributed by atoms with E-state index < -0.39 is 23.0 Å². The van der Waals surface area contributed by atoms with Gasteiger partial charge in [0.05, 0.1) is 55.8 Å². The number of hydrogen-bond donors (Lipinski definition) is 3. The molecule has 3 N–H and O–H groups in total. The first kappa shape index (κ1) is 27.6. The lowest BCUT2D eigenvalue weighted by Crippen LogP contribution is -2.49. The molecule has 0 atom stereocenters. The lowest BCUT2D eigenvalue weighted by atomic mass is 9.79. The molecule has 9 nitrogen and oxygen atoms in total. The molecule has 3 heterocycles. The Morgan fingerprint density at radius 2 is 1.87 bits per heavy atom. The van der Waals surface area contributed by atoms with Gasteiger partial charge in [-0.1, -0.05) is 24.3 Å². The van der Waals surface area contributed by atoms with Gasteiger partial charge in [-0.3, -0.25) is 14.6 Å². The van der Waals surface area contributed by atoms with Crippen molar-refractivity contribution in [3.63, 3.8) is 0 Å². The maximum atomic E-state index is 14.5. The van der Waals surface area contributed by atoms with Crippen molar-refractivity contribution in [3.8, 4) is 5.75 Å². The number of carbonyl (C=O) groups excluding carboxylic acids is 1. The lowest BCUT2D eigenvalue weighted by molar-refractivity contribution is -0.117. The van der Waals surface area contributed by atoms with Crippen LogP contribution >= 0.6 is 0 Å². The predicted molar refractivity (Wildman–Crippen MR) is 140 cm³/mol. The minimum absolute atomic E-state index is 0.0142. The van der Waals surface area contributed by atoms with Crippen LogP contribution < -0.4 is 20.9 Å². The van der Waals surface area contributed by atoms with Crippen LogP contribution in [-0.4, -0.2) is 41.5 Å². The zero-order chi connectivity index (χ0) is 28.0. The smallest absolute Gasteiger partial charge is 0.254 e. The number of pyridine rings is 2. The molecule has 0 saturated carbocycles. The summed E-state index contributed by atoms with van der Waals surface area (Å²) in [6, 6.07) is 11.1. The maximum Gasteiger partial charge on any atom is 0.254 e. The molecule has 2 aromatic heterocycles. The van der Waals surface area contributed by atoms with Gasteiger partial charge in [0.1, 0.15) is 5.82 Å². The molecule has 11 heteroatoms. The third kappa shape index (κ3) is 6.55. The average molecular weight is 538 g/mol. The van der Waals surface area contributed by atoms with Gasteiger partial charge in [-0.2, -0.15) is 0 Å². The van der Waals surface area contributed by atoms with E-state index in [2.05, 4.69) is 15.6 Å². The Kier molecular flexibility index (Phi) is 8.50. The van der Waals surface area contributed by atoms with E-state index in [1.807, 2.05) is 31.2 Å². The molecule has 0 aliphatic carbocycles. The number of aromatic nitrogens is 2. The van der Waals surface area contributed by atoms with Crippen LogP contribution in [0.1, 0.15) is 23.7 Å². The second-order valence-corrected chi connectivity index (χ2v) is 9.45. The van der Waals surface area contributed by atoms with Crippen molar-refractivity contribution in [1.29, 1.82) is 5.41 Å². The van der Waals surface area contributed by atoms with Crippen molar-refractivity contribution in [2.45, 2.75) is 26.6 Å². The number of nitrogens with zero attached hydrogens (tertiary/aromatic N) is 2. The van der Waals surface area contributed by atoms with Crippen LogP contribution in [-0.2, 0) is 29.2 Å². The number of hydrogen-bond acceptors (Lipinski definition) is 7. The summed E-state index contributed by atoms with van der Waals surface area (Å²) in [6.07, 6.45) is 4.02. The molecule has 1 aromatic carbocycles. The standard InChI is InChI=1S/C28H29F2N5O4/c1-28(16-39-17-28)26(31)21(27(37)34-13-22-25(30)23(38-2)9-10-33-22)12-32-11-18-3-5-19(6-4-18)14-35-15-20(29)7-8-24(35)36/h3-10,12,15,31-32H,11,13-14,16-17H2,1-2H3,(H,34,37)/b21-12+,31-26?. The van der Waals surface area contributed by atoms with E-state index in [1.165, 1.54) is 36.2 Å². The summed E-state index contributed by atoms with van der Waals surface area (Å²) in [5.41, 5.74) is 1.02. The van der Waals surface area contributed by atoms with Gasteiger partial charge in [0.15, 0.2) is 11.6 Å². The van der Waals surface area contributed by atoms with E-state index in [0.29, 0.717) is 19.8 Å². The normalized spacial score (nSPS) is 14.3. The first-order valence-electron chi connectivity index (χ1n) is 12.2. The molecule has 3 aromatic rings. The number of benzene rings is 1. The fourth-order valence-electron chi connectivity index (χ4n) is 3.99. The number of halogens is 2. The second-order valence-electron chi connectivity index (χ2n) is 9.45. The summed E-state index contributed by atoms with van der Waals surface area (Å²) in [4.78, 5) is 29.0. The van der Waals surface area contributed by atoms with Gasteiger partial charge in [0, 0.05) is 37.3 Å².